The second-order valence-corrected chi connectivity index (χ2v) is 5.26. The molecule has 2 unspecified atom stereocenters. The van der Waals surface area contributed by atoms with Crippen molar-refractivity contribution < 1.29 is 0 Å². The first-order valence-electron chi connectivity index (χ1n) is 6.85. The molecule has 3 nitrogen and oxygen atoms in total. The van der Waals surface area contributed by atoms with Gasteiger partial charge >= 0.3 is 0 Å². The Labute approximate surface area is 104 Å². The van der Waals surface area contributed by atoms with E-state index >= 15 is 0 Å². The Morgan fingerprint density at radius 2 is 2.24 bits per heavy atom. The molecule has 94 valence electrons. The lowest BCUT2D eigenvalue weighted by molar-refractivity contribution is 0.358. The van der Waals surface area contributed by atoms with Crippen LogP contribution in [0, 0.1) is 5.92 Å². The van der Waals surface area contributed by atoms with Gasteiger partial charge in [-0.3, -0.25) is 0 Å². The fourth-order valence-corrected chi connectivity index (χ4v) is 2.64. The quantitative estimate of drug-likeness (QED) is 0.866. The van der Waals surface area contributed by atoms with Crippen LogP contribution >= 0.6 is 0 Å². The fraction of sp³-hybridized carbons (Fsp3) is 0.714. The third-order valence-corrected chi connectivity index (χ3v) is 3.52. The summed E-state index contributed by atoms with van der Waals surface area (Å²) in [6, 6.07) is 2.70. The Hall–Kier alpha value is -1.12. The summed E-state index contributed by atoms with van der Waals surface area (Å²) in [6.07, 6.45) is 9.12. The van der Waals surface area contributed by atoms with Gasteiger partial charge in [-0.2, -0.15) is 0 Å². The maximum absolute atomic E-state index is 4.32. The van der Waals surface area contributed by atoms with E-state index in [-0.39, 0.29) is 0 Å². The van der Waals surface area contributed by atoms with Gasteiger partial charge in [-0.1, -0.05) is 33.1 Å². The molecule has 1 N–H and O–H groups in total. The van der Waals surface area contributed by atoms with Crippen LogP contribution in [0.2, 0.25) is 0 Å². The third kappa shape index (κ3) is 3.69. The topological polar surface area (TPSA) is 37.8 Å². The van der Waals surface area contributed by atoms with Crippen molar-refractivity contribution in [2.75, 3.05) is 5.32 Å². The summed E-state index contributed by atoms with van der Waals surface area (Å²) >= 11 is 0. The highest BCUT2D eigenvalue weighted by molar-refractivity contribution is 5.36. The molecule has 2 atom stereocenters. The summed E-state index contributed by atoms with van der Waals surface area (Å²) < 4.78 is 0. The number of aromatic nitrogens is 2. The van der Waals surface area contributed by atoms with Crippen molar-refractivity contribution in [3.8, 4) is 0 Å². The highest BCUT2D eigenvalue weighted by Gasteiger charge is 2.18. The summed E-state index contributed by atoms with van der Waals surface area (Å²) in [5.74, 6) is 1.85. The zero-order valence-electron chi connectivity index (χ0n) is 10.9. The smallest absolute Gasteiger partial charge is 0.129 e. The molecule has 1 fully saturated rings. The van der Waals surface area contributed by atoms with Gasteiger partial charge in [-0.15, -0.1) is 0 Å². The molecule has 1 heterocycles. The standard InChI is InChI=1S/C14H23N3/c1-3-5-12-9-14(16-10-15-12)17-13-7-4-6-11(2)8-13/h9-11,13H,3-8H2,1-2H3,(H,15,16,17). The van der Waals surface area contributed by atoms with E-state index in [1.165, 1.54) is 25.7 Å². The molecule has 3 heteroatoms. The third-order valence-electron chi connectivity index (χ3n) is 3.52. The fourth-order valence-electron chi connectivity index (χ4n) is 2.64. The Balaban J connectivity index is 1.95. The van der Waals surface area contributed by atoms with E-state index in [4.69, 9.17) is 0 Å². The molecule has 0 radical (unpaired) electrons. The van der Waals surface area contributed by atoms with Crippen LogP contribution in [0.3, 0.4) is 0 Å². The average molecular weight is 233 g/mol. The molecule has 1 aliphatic carbocycles. The Morgan fingerprint density at radius 1 is 1.35 bits per heavy atom. The molecule has 0 saturated heterocycles. The second kappa shape index (κ2) is 5.99. The monoisotopic (exact) mass is 233 g/mol. The number of anilines is 1. The van der Waals surface area contributed by atoms with E-state index in [9.17, 15) is 0 Å². The normalized spacial score (nSPS) is 24.6. The number of rotatable bonds is 4. The van der Waals surface area contributed by atoms with E-state index < -0.39 is 0 Å². The summed E-state index contributed by atoms with van der Waals surface area (Å²) in [5.41, 5.74) is 1.15. The molecular weight excluding hydrogens is 210 g/mol. The van der Waals surface area contributed by atoms with Crippen molar-refractivity contribution in [1.82, 2.24) is 9.97 Å². The number of aryl methyl sites for hydroxylation is 1. The molecule has 1 aliphatic rings. The molecule has 1 aromatic heterocycles. The van der Waals surface area contributed by atoms with Gasteiger partial charge in [0.25, 0.3) is 0 Å². The minimum atomic E-state index is 0.600. The van der Waals surface area contributed by atoms with Crippen LogP contribution in [0.15, 0.2) is 12.4 Å². The Kier molecular flexibility index (Phi) is 4.35. The van der Waals surface area contributed by atoms with E-state index in [1.54, 1.807) is 6.33 Å². The Bertz CT molecular complexity index is 351. The maximum Gasteiger partial charge on any atom is 0.129 e. The molecular formula is C14H23N3. The van der Waals surface area contributed by atoms with Crippen LogP contribution in [0.1, 0.15) is 51.6 Å². The minimum absolute atomic E-state index is 0.600. The summed E-state index contributed by atoms with van der Waals surface area (Å²) in [7, 11) is 0. The zero-order valence-corrected chi connectivity index (χ0v) is 10.9. The van der Waals surface area contributed by atoms with Gasteiger partial charge in [0.1, 0.15) is 12.1 Å². The molecule has 0 bridgehead atoms. The zero-order chi connectivity index (χ0) is 12.1. The van der Waals surface area contributed by atoms with Gasteiger partial charge < -0.3 is 5.32 Å². The van der Waals surface area contributed by atoms with Crippen LogP contribution in [0.25, 0.3) is 0 Å². The van der Waals surface area contributed by atoms with E-state index in [1.807, 2.05) is 0 Å². The molecule has 0 aliphatic heterocycles. The molecule has 1 saturated carbocycles. The van der Waals surface area contributed by atoms with Crippen LogP contribution in [0.5, 0.6) is 0 Å². The highest BCUT2D eigenvalue weighted by atomic mass is 15.0. The van der Waals surface area contributed by atoms with Crippen molar-refractivity contribution >= 4 is 5.82 Å². The van der Waals surface area contributed by atoms with Gasteiger partial charge in [0.05, 0.1) is 0 Å². The highest BCUT2D eigenvalue weighted by Crippen LogP contribution is 2.25. The van der Waals surface area contributed by atoms with Crippen molar-refractivity contribution in [2.24, 2.45) is 5.92 Å². The minimum Gasteiger partial charge on any atom is -0.367 e. The first-order valence-corrected chi connectivity index (χ1v) is 6.85. The van der Waals surface area contributed by atoms with E-state index in [2.05, 4.69) is 35.2 Å². The van der Waals surface area contributed by atoms with Crippen molar-refractivity contribution in [1.29, 1.82) is 0 Å². The van der Waals surface area contributed by atoms with Crippen molar-refractivity contribution in [2.45, 2.75) is 58.4 Å². The predicted molar refractivity (Wildman–Crippen MR) is 71.1 cm³/mol. The second-order valence-electron chi connectivity index (χ2n) is 5.26. The summed E-state index contributed by atoms with van der Waals surface area (Å²) in [5, 5.41) is 3.56. The molecule has 0 aromatic carbocycles. The molecule has 1 aromatic rings. The van der Waals surface area contributed by atoms with Gasteiger partial charge in [0.15, 0.2) is 0 Å². The van der Waals surface area contributed by atoms with Crippen LogP contribution in [-0.2, 0) is 6.42 Å². The lowest BCUT2D eigenvalue weighted by atomic mass is 9.87. The summed E-state index contributed by atoms with van der Waals surface area (Å²) in [4.78, 5) is 8.60. The van der Waals surface area contributed by atoms with Gasteiger partial charge in [0, 0.05) is 17.8 Å². The first-order chi connectivity index (χ1) is 8.28. The van der Waals surface area contributed by atoms with Crippen LogP contribution in [-0.4, -0.2) is 16.0 Å². The van der Waals surface area contributed by atoms with Crippen molar-refractivity contribution in [3.05, 3.63) is 18.1 Å². The van der Waals surface area contributed by atoms with E-state index in [0.29, 0.717) is 6.04 Å². The van der Waals surface area contributed by atoms with Crippen LogP contribution in [0.4, 0.5) is 5.82 Å². The molecule has 0 spiro atoms. The number of nitrogens with zero attached hydrogens (tertiary/aromatic N) is 2. The summed E-state index contributed by atoms with van der Waals surface area (Å²) in [6.45, 7) is 4.52. The van der Waals surface area contributed by atoms with Crippen molar-refractivity contribution in [3.63, 3.8) is 0 Å². The SMILES string of the molecule is CCCc1cc(NC2CCCC(C)C2)ncn1. The molecule has 17 heavy (non-hydrogen) atoms. The first kappa shape index (κ1) is 12.3. The van der Waals surface area contributed by atoms with Gasteiger partial charge in [-0.25, -0.2) is 9.97 Å². The Morgan fingerprint density at radius 3 is 3.00 bits per heavy atom. The average Bonchev–Trinajstić information content (AvgIpc) is 2.30. The molecule has 0 amide bonds. The molecule has 2 rings (SSSR count). The predicted octanol–water partition coefficient (Wildman–Crippen LogP) is 3.42. The largest absolute Gasteiger partial charge is 0.367 e. The number of hydrogen-bond acceptors (Lipinski definition) is 3. The number of nitrogens with one attached hydrogen (secondary N) is 1. The lowest BCUT2D eigenvalue weighted by Crippen LogP contribution is -2.26. The lowest BCUT2D eigenvalue weighted by Gasteiger charge is -2.27. The maximum atomic E-state index is 4.32. The van der Waals surface area contributed by atoms with Crippen LogP contribution < -0.4 is 5.32 Å². The van der Waals surface area contributed by atoms with E-state index in [0.717, 1.165) is 30.3 Å². The van der Waals surface area contributed by atoms with Gasteiger partial charge in [0.2, 0.25) is 0 Å². The number of hydrogen-bond donors (Lipinski definition) is 1. The van der Waals surface area contributed by atoms with Gasteiger partial charge in [-0.05, 0) is 25.2 Å².